The van der Waals surface area contributed by atoms with E-state index < -0.39 is 0 Å². The van der Waals surface area contributed by atoms with Crippen LogP contribution in [0.15, 0.2) is 12.9 Å². The molecule has 1 rings (SSSR count). The molecule has 0 saturated carbocycles. The van der Waals surface area contributed by atoms with Crippen molar-refractivity contribution in [3.63, 3.8) is 0 Å². The van der Waals surface area contributed by atoms with Crippen LogP contribution in [0.1, 0.15) is 11.3 Å². The molecule has 0 amide bonds. The summed E-state index contributed by atoms with van der Waals surface area (Å²) < 4.78 is 0. The van der Waals surface area contributed by atoms with Gasteiger partial charge < -0.3 is 5.73 Å². The Kier molecular flexibility index (Phi) is 1.67. The van der Waals surface area contributed by atoms with Gasteiger partial charge in [-0.25, -0.2) is 9.97 Å². The zero-order valence-electron chi connectivity index (χ0n) is 5.83. The molecule has 1 aromatic rings. The second kappa shape index (κ2) is 2.47. The van der Waals surface area contributed by atoms with E-state index in [1.54, 1.807) is 6.08 Å². The highest BCUT2D eigenvalue weighted by atomic mass is 14.9. The van der Waals surface area contributed by atoms with Crippen molar-refractivity contribution in [2.75, 3.05) is 5.73 Å². The van der Waals surface area contributed by atoms with Crippen LogP contribution in [0, 0.1) is 6.92 Å². The molecule has 0 radical (unpaired) electrons. The van der Waals surface area contributed by atoms with E-state index >= 15 is 0 Å². The number of nitrogens with two attached hydrogens (primary N) is 1. The van der Waals surface area contributed by atoms with E-state index in [4.69, 9.17) is 5.73 Å². The van der Waals surface area contributed by atoms with Gasteiger partial charge in [-0.05, 0) is 13.0 Å². The normalized spacial score (nSPS) is 9.30. The van der Waals surface area contributed by atoms with Gasteiger partial charge in [0, 0.05) is 5.56 Å². The first-order chi connectivity index (χ1) is 4.75. The highest BCUT2D eigenvalue weighted by Gasteiger charge is 1.97. The quantitative estimate of drug-likeness (QED) is 0.625. The maximum atomic E-state index is 5.50. The average Bonchev–Trinajstić information content (AvgIpc) is 1.95. The lowest BCUT2D eigenvalue weighted by Gasteiger charge is -1.99. The first kappa shape index (κ1) is 6.74. The predicted molar refractivity (Wildman–Crippen MR) is 41.3 cm³/mol. The van der Waals surface area contributed by atoms with Gasteiger partial charge in [-0.2, -0.15) is 0 Å². The Hall–Kier alpha value is -1.38. The lowest BCUT2D eigenvalue weighted by molar-refractivity contribution is 1.12. The van der Waals surface area contributed by atoms with Crippen LogP contribution in [0.2, 0.25) is 0 Å². The van der Waals surface area contributed by atoms with Crippen molar-refractivity contribution in [1.29, 1.82) is 0 Å². The smallest absolute Gasteiger partial charge is 0.130 e. The van der Waals surface area contributed by atoms with Crippen LogP contribution >= 0.6 is 0 Å². The third kappa shape index (κ3) is 0.978. The van der Waals surface area contributed by atoms with E-state index in [0.29, 0.717) is 5.82 Å². The van der Waals surface area contributed by atoms with Gasteiger partial charge in [0.15, 0.2) is 0 Å². The Morgan fingerprint density at radius 3 is 2.80 bits per heavy atom. The lowest BCUT2D eigenvalue weighted by atomic mass is 10.2. The number of anilines is 1. The number of nitrogen functional groups attached to an aromatic ring is 1. The third-order valence-electron chi connectivity index (χ3n) is 1.36. The molecule has 10 heavy (non-hydrogen) atoms. The summed E-state index contributed by atoms with van der Waals surface area (Å²) in [4.78, 5) is 7.75. The molecule has 3 heteroatoms. The van der Waals surface area contributed by atoms with Gasteiger partial charge in [0.2, 0.25) is 0 Å². The monoisotopic (exact) mass is 135 g/mol. The maximum Gasteiger partial charge on any atom is 0.130 e. The molecule has 0 bridgehead atoms. The number of hydrogen-bond acceptors (Lipinski definition) is 3. The average molecular weight is 135 g/mol. The van der Waals surface area contributed by atoms with E-state index in [0.717, 1.165) is 11.3 Å². The second-order valence-electron chi connectivity index (χ2n) is 1.97. The van der Waals surface area contributed by atoms with Crippen LogP contribution in [0.4, 0.5) is 5.82 Å². The van der Waals surface area contributed by atoms with Crippen LogP contribution in [-0.4, -0.2) is 9.97 Å². The van der Waals surface area contributed by atoms with Gasteiger partial charge in [0.05, 0.1) is 5.69 Å². The standard InChI is InChI=1S/C7H9N3/c1-3-6-5(2)7(8)10-4-9-6/h3-4H,1H2,2H3,(H2,8,9,10). The van der Waals surface area contributed by atoms with Crippen LogP contribution in [0.5, 0.6) is 0 Å². The van der Waals surface area contributed by atoms with Crippen LogP contribution < -0.4 is 5.73 Å². The van der Waals surface area contributed by atoms with Crippen molar-refractivity contribution < 1.29 is 0 Å². The minimum Gasteiger partial charge on any atom is -0.383 e. The molecule has 1 heterocycles. The SMILES string of the molecule is C=Cc1ncnc(N)c1C. The summed E-state index contributed by atoms with van der Waals surface area (Å²) in [6.07, 6.45) is 3.09. The molecule has 52 valence electrons. The van der Waals surface area contributed by atoms with Crippen molar-refractivity contribution in [3.8, 4) is 0 Å². The van der Waals surface area contributed by atoms with Crippen molar-refractivity contribution in [2.24, 2.45) is 0 Å². The zero-order valence-corrected chi connectivity index (χ0v) is 5.83. The number of rotatable bonds is 1. The predicted octanol–water partition coefficient (Wildman–Crippen LogP) is 1.01. The first-order valence-corrected chi connectivity index (χ1v) is 2.95. The fourth-order valence-corrected chi connectivity index (χ4v) is 0.684. The van der Waals surface area contributed by atoms with Crippen molar-refractivity contribution in [2.45, 2.75) is 6.92 Å². The maximum absolute atomic E-state index is 5.50. The minimum atomic E-state index is 0.518. The molecule has 3 nitrogen and oxygen atoms in total. The molecule has 0 unspecified atom stereocenters. The van der Waals surface area contributed by atoms with Crippen molar-refractivity contribution >= 4 is 11.9 Å². The summed E-state index contributed by atoms with van der Waals surface area (Å²) in [5, 5.41) is 0. The molecule has 0 atom stereocenters. The van der Waals surface area contributed by atoms with E-state index in [1.165, 1.54) is 6.33 Å². The molecule has 0 aliphatic carbocycles. The number of nitrogens with zero attached hydrogens (tertiary/aromatic N) is 2. The minimum absolute atomic E-state index is 0.518. The van der Waals surface area contributed by atoms with Gasteiger partial charge in [-0.15, -0.1) is 0 Å². The van der Waals surface area contributed by atoms with E-state index in [9.17, 15) is 0 Å². The van der Waals surface area contributed by atoms with Crippen molar-refractivity contribution in [3.05, 3.63) is 24.2 Å². The van der Waals surface area contributed by atoms with Gasteiger partial charge in [0.25, 0.3) is 0 Å². The Morgan fingerprint density at radius 1 is 1.60 bits per heavy atom. The summed E-state index contributed by atoms with van der Waals surface area (Å²) in [5.74, 6) is 0.518. The molecule has 1 aromatic heterocycles. The van der Waals surface area contributed by atoms with Gasteiger partial charge in [-0.3, -0.25) is 0 Å². The topological polar surface area (TPSA) is 51.8 Å². The lowest BCUT2D eigenvalue weighted by Crippen LogP contribution is -1.97. The van der Waals surface area contributed by atoms with E-state index in [-0.39, 0.29) is 0 Å². The van der Waals surface area contributed by atoms with Gasteiger partial charge >= 0.3 is 0 Å². The zero-order chi connectivity index (χ0) is 7.56. The molecule has 0 aromatic carbocycles. The fourth-order valence-electron chi connectivity index (χ4n) is 0.684. The number of aromatic nitrogens is 2. The van der Waals surface area contributed by atoms with E-state index in [2.05, 4.69) is 16.5 Å². The fraction of sp³-hybridized carbons (Fsp3) is 0.143. The second-order valence-corrected chi connectivity index (χ2v) is 1.97. The Balaban J connectivity index is 3.27. The summed E-state index contributed by atoms with van der Waals surface area (Å²) in [6, 6.07) is 0. The summed E-state index contributed by atoms with van der Waals surface area (Å²) >= 11 is 0. The Bertz CT molecular complexity index is 255. The molecule has 0 aliphatic heterocycles. The largest absolute Gasteiger partial charge is 0.383 e. The molecular weight excluding hydrogens is 126 g/mol. The van der Waals surface area contributed by atoms with E-state index in [1.807, 2.05) is 6.92 Å². The summed E-state index contributed by atoms with van der Waals surface area (Å²) in [7, 11) is 0. The summed E-state index contributed by atoms with van der Waals surface area (Å²) in [5.41, 5.74) is 7.18. The molecule has 2 N–H and O–H groups in total. The molecular formula is C7H9N3. The Labute approximate surface area is 59.6 Å². The van der Waals surface area contributed by atoms with Crippen LogP contribution in [-0.2, 0) is 0 Å². The molecule has 0 spiro atoms. The van der Waals surface area contributed by atoms with Crippen LogP contribution in [0.25, 0.3) is 6.08 Å². The molecule has 0 aliphatic rings. The summed E-state index contributed by atoms with van der Waals surface area (Å²) in [6.45, 7) is 5.45. The third-order valence-corrected chi connectivity index (χ3v) is 1.36. The van der Waals surface area contributed by atoms with Crippen LogP contribution in [0.3, 0.4) is 0 Å². The molecule has 0 fully saturated rings. The first-order valence-electron chi connectivity index (χ1n) is 2.95. The van der Waals surface area contributed by atoms with Crippen molar-refractivity contribution in [1.82, 2.24) is 9.97 Å². The number of hydrogen-bond donors (Lipinski definition) is 1. The van der Waals surface area contributed by atoms with Gasteiger partial charge in [0.1, 0.15) is 12.1 Å². The molecule has 0 saturated heterocycles. The Morgan fingerprint density at radius 2 is 2.30 bits per heavy atom. The highest BCUT2D eigenvalue weighted by Crippen LogP contribution is 2.09. The highest BCUT2D eigenvalue weighted by molar-refractivity contribution is 5.53. The van der Waals surface area contributed by atoms with Gasteiger partial charge in [-0.1, -0.05) is 6.58 Å².